The summed E-state index contributed by atoms with van der Waals surface area (Å²) in [6.45, 7) is 2.35. The Bertz CT molecular complexity index is 611. The lowest BCUT2D eigenvalue weighted by Gasteiger charge is -2.32. The van der Waals surface area contributed by atoms with Crippen LogP contribution in [0.3, 0.4) is 0 Å². The third kappa shape index (κ3) is 3.21. The van der Waals surface area contributed by atoms with Gasteiger partial charge < -0.3 is 5.11 Å². The minimum Gasteiger partial charge on any atom is -0.384 e. The predicted octanol–water partition coefficient (Wildman–Crippen LogP) is 1.59. The molecule has 1 N–H and O–H groups in total. The van der Waals surface area contributed by atoms with E-state index in [-0.39, 0.29) is 12.6 Å². The molecule has 1 fully saturated rings. The first kappa shape index (κ1) is 15.0. The van der Waals surface area contributed by atoms with Crippen molar-refractivity contribution in [2.24, 2.45) is 0 Å². The molecule has 1 aromatic carbocycles. The number of hydrogen-bond donors (Lipinski definition) is 1. The van der Waals surface area contributed by atoms with Crippen LogP contribution in [0.1, 0.15) is 31.7 Å². The van der Waals surface area contributed by atoms with Gasteiger partial charge in [-0.05, 0) is 44.0 Å². The van der Waals surface area contributed by atoms with Crippen molar-refractivity contribution in [2.75, 3.05) is 13.2 Å². The Balaban J connectivity index is 2.25. The fraction of sp³-hybridized carbons (Fsp3) is 0.467. The Labute approximate surface area is 120 Å². The number of hydrogen-bond acceptors (Lipinski definition) is 3. The molecular weight excluding hydrogens is 274 g/mol. The van der Waals surface area contributed by atoms with Crippen molar-refractivity contribution < 1.29 is 13.5 Å². The molecule has 0 aromatic heterocycles. The second-order valence-corrected chi connectivity index (χ2v) is 6.84. The van der Waals surface area contributed by atoms with Crippen LogP contribution in [-0.4, -0.2) is 37.0 Å². The largest absolute Gasteiger partial charge is 0.384 e. The van der Waals surface area contributed by atoms with Gasteiger partial charge in [-0.2, -0.15) is 4.31 Å². The summed E-state index contributed by atoms with van der Waals surface area (Å²) in [5, 5.41) is 8.63. The van der Waals surface area contributed by atoms with Gasteiger partial charge in [0.05, 0.1) is 4.90 Å². The third-order valence-corrected chi connectivity index (χ3v) is 5.54. The number of sulfonamides is 1. The number of nitrogens with zero attached hydrogens (tertiary/aromatic N) is 1. The molecule has 1 aliphatic rings. The van der Waals surface area contributed by atoms with Crippen LogP contribution in [0.25, 0.3) is 0 Å². The SMILES string of the molecule is CC1CCCCN1S(=O)(=O)c1ccc(C#CCO)cc1. The van der Waals surface area contributed by atoms with E-state index >= 15 is 0 Å². The first-order chi connectivity index (χ1) is 9.55. The van der Waals surface area contributed by atoms with Crippen molar-refractivity contribution in [1.82, 2.24) is 4.31 Å². The highest BCUT2D eigenvalue weighted by Crippen LogP contribution is 2.25. The van der Waals surface area contributed by atoms with E-state index in [9.17, 15) is 8.42 Å². The van der Waals surface area contributed by atoms with Crippen LogP contribution in [0.4, 0.5) is 0 Å². The Morgan fingerprint density at radius 3 is 2.60 bits per heavy atom. The molecule has 20 heavy (non-hydrogen) atoms. The minimum absolute atomic E-state index is 0.0580. The molecule has 1 heterocycles. The Morgan fingerprint density at radius 2 is 2.00 bits per heavy atom. The van der Waals surface area contributed by atoms with Gasteiger partial charge in [0, 0.05) is 18.2 Å². The second kappa shape index (κ2) is 6.40. The first-order valence-corrected chi connectivity index (χ1v) is 8.21. The fourth-order valence-corrected chi connectivity index (χ4v) is 4.12. The van der Waals surface area contributed by atoms with Crippen LogP contribution in [0.15, 0.2) is 29.2 Å². The van der Waals surface area contributed by atoms with E-state index in [0.717, 1.165) is 19.3 Å². The van der Waals surface area contributed by atoms with E-state index in [4.69, 9.17) is 5.11 Å². The normalized spacial score (nSPS) is 20.2. The molecule has 1 aromatic rings. The lowest BCUT2D eigenvalue weighted by atomic mass is 10.1. The highest BCUT2D eigenvalue weighted by Gasteiger charge is 2.30. The van der Waals surface area contributed by atoms with Crippen molar-refractivity contribution in [3.8, 4) is 11.8 Å². The number of aliphatic hydroxyl groups excluding tert-OH is 1. The number of rotatable bonds is 2. The van der Waals surface area contributed by atoms with Crippen LogP contribution in [-0.2, 0) is 10.0 Å². The molecule has 0 amide bonds. The van der Waals surface area contributed by atoms with Crippen LogP contribution in [0.5, 0.6) is 0 Å². The summed E-state index contributed by atoms with van der Waals surface area (Å²) in [4.78, 5) is 0.306. The Hall–Kier alpha value is -1.35. The van der Waals surface area contributed by atoms with Crippen LogP contribution >= 0.6 is 0 Å². The molecule has 0 radical (unpaired) electrons. The van der Waals surface area contributed by atoms with E-state index in [1.165, 1.54) is 0 Å². The maximum atomic E-state index is 12.6. The second-order valence-electron chi connectivity index (χ2n) is 4.94. The van der Waals surface area contributed by atoms with Crippen molar-refractivity contribution >= 4 is 10.0 Å². The van der Waals surface area contributed by atoms with Gasteiger partial charge in [0.25, 0.3) is 0 Å². The van der Waals surface area contributed by atoms with Crippen molar-refractivity contribution in [3.05, 3.63) is 29.8 Å². The quantitative estimate of drug-likeness (QED) is 0.843. The zero-order valence-corrected chi connectivity index (χ0v) is 12.4. The van der Waals surface area contributed by atoms with E-state index in [2.05, 4.69) is 11.8 Å². The minimum atomic E-state index is -3.41. The summed E-state index contributed by atoms with van der Waals surface area (Å²) in [6, 6.07) is 6.56. The van der Waals surface area contributed by atoms with E-state index in [1.807, 2.05) is 6.92 Å². The molecule has 1 unspecified atom stereocenters. The molecule has 0 saturated carbocycles. The van der Waals surface area contributed by atoms with Gasteiger partial charge in [-0.25, -0.2) is 8.42 Å². The molecule has 0 aliphatic carbocycles. The van der Waals surface area contributed by atoms with Crippen LogP contribution < -0.4 is 0 Å². The van der Waals surface area contributed by atoms with Gasteiger partial charge in [-0.1, -0.05) is 18.3 Å². The van der Waals surface area contributed by atoms with Gasteiger partial charge in [0.2, 0.25) is 10.0 Å². The van der Waals surface area contributed by atoms with Crippen LogP contribution in [0.2, 0.25) is 0 Å². The smallest absolute Gasteiger partial charge is 0.243 e. The molecular formula is C15H19NO3S. The Kier molecular flexibility index (Phi) is 4.81. The average Bonchev–Trinajstić information content (AvgIpc) is 2.46. The number of piperidine rings is 1. The van der Waals surface area contributed by atoms with Crippen LogP contribution in [0, 0.1) is 11.8 Å². The lowest BCUT2D eigenvalue weighted by molar-refractivity contribution is 0.268. The summed E-state index contributed by atoms with van der Waals surface area (Å²) in [6.07, 6.45) is 2.92. The molecule has 0 spiro atoms. The average molecular weight is 293 g/mol. The molecule has 2 rings (SSSR count). The van der Waals surface area contributed by atoms with E-state index in [0.29, 0.717) is 17.0 Å². The topological polar surface area (TPSA) is 57.6 Å². The third-order valence-electron chi connectivity index (χ3n) is 3.51. The van der Waals surface area contributed by atoms with E-state index in [1.54, 1.807) is 28.6 Å². The molecule has 1 atom stereocenters. The zero-order chi connectivity index (χ0) is 14.6. The summed E-state index contributed by atoms with van der Waals surface area (Å²) in [5.74, 6) is 5.29. The monoisotopic (exact) mass is 293 g/mol. The summed E-state index contributed by atoms with van der Waals surface area (Å²) >= 11 is 0. The molecule has 5 heteroatoms. The molecule has 1 saturated heterocycles. The highest BCUT2D eigenvalue weighted by molar-refractivity contribution is 7.89. The number of aliphatic hydroxyl groups is 1. The van der Waals surface area contributed by atoms with Gasteiger partial charge in [-0.3, -0.25) is 0 Å². The van der Waals surface area contributed by atoms with Crippen molar-refractivity contribution in [2.45, 2.75) is 37.1 Å². The molecule has 4 nitrogen and oxygen atoms in total. The summed E-state index contributed by atoms with van der Waals surface area (Å²) < 4.78 is 26.7. The maximum absolute atomic E-state index is 12.6. The van der Waals surface area contributed by atoms with E-state index < -0.39 is 10.0 Å². The van der Waals surface area contributed by atoms with Crippen molar-refractivity contribution in [3.63, 3.8) is 0 Å². The zero-order valence-electron chi connectivity index (χ0n) is 11.5. The number of benzene rings is 1. The molecule has 1 aliphatic heterocycles. The summed E-state index contributed by atoms with van der Waals surface area (Å²) in [7, 11) is -3.41. The van der Waals surface area contributed by atoms with Gasteiger partial charge in [0.1, 0.15) is 6.61 Å². The lowest BCUT2D eigenvalue weighted by Crippen LogP contribution is -2.41. The van der Waals surface area contributed by atoms with Gasteiger partial charge in [0.15, 0.2) is 0 Å². The summed E-state index contributed by atoms with van der Waals surface area (Å²) in [5.41, 5.74) is 0.699. The van der Waals surface area contributed by atoms with Crippen molar-refractivity contribution in [1.29, 1.82) is 0 Å². The fourth-order valence-electron chi connectivity index (χ4n) is 2.42. The standard InChI is InChI=1S/C15H19NO3S/c1-13-5-2-3-11-16(13)20(18,19)15-9-7-14(8-10-15)6-4-12-17/h7-10,13,17H,2-3,5,11-12H2,1H3. The van der Waals surface area contributed by atoms with Gasteiger partial charge in [-0.15, -0.1) is 0 Å². The molecule has 0 bridgehead atoms. The molecule has 108 valence electrons. The maximum Gasteiger partial charge on any atom is 0.243 e. The Morgan fingerprint density at radius 1 is 1.30 bits per heavy atom. The highest BCUT2D eigenvalue weighted by atomic mass is 32.2. The van der Waals surface area contributed by atoms with Gasteiger partial charge >= 0.3 is 0 Å². The predicted molar refractivity (Wildman–Crippen MR) is 77.6 cm³/mol. The first-order valence-electron chi connectivity index (χ1n) is 6.77.